The molecule has 0 saturated carbocycles. The average Bonchev–Trinajstić information content (AvgIpc) is 2.86. The van der Waals surface area contributed by atoms with Crippen molar-refractivity contribution in [3.8, 4) is 0 Å². The van der Waals surface area contributed by atoms with E-state index in [9.17, 15) is 9.59 Å². The lowest BCUT2D eigenvalue weighted by atomic mass is 10.2. The number of benzene rings is 2. The van der Waals surface area contributed by atoms with Gasteiger partial charge in [-0.05, 0) is 48.0 Å². The van der Waals surface area contributed by atoms with Crippen molar-refractivity contribution in [1.29, 1.82) is 0 Å². The molecule has 0 atom stereocenters. The number of carbonyl (C=O) groups is 2. The molecule has 2 aromatic rings. The Morgan fingerprint density at radius 2 is 1.85 bits per heavy atom. The van der Waals surface area contributed by atoms with E-state index in [2.05, 4.69) is 21.2 Å². The van der Waals surface area contributed by atoms with E-state index in [0.717, 1.165) is 10.0 Å². The number of nitrogens with zero attached hydrogens (tertiary/aromatic N) is 1. The number of rotatable bonds is 4. The Morgan fingerprint density at radius 1 is 1.19 bits per heavy atom. The molecule has 0 radical (unpaired) electrons. The van der Waals surface area contributed by atoms with E-state index in [4.69, 9.17) is 23.8 Å². The van der Waals surface area contributed by atoms with Crippen molar-refractivity contribution in [2.45, 2.75) is 0 Å². The third-order valence-electron chi connectivity index (χ3n) is 3.47. The fourth-order valence-electron chi connectivity index (χ4n) is 2.22. The normalized spacial score (nSPS) is 15.6. The molecule has 2 aromatic carbocycles. The maximum absolute atomic E-state index is 12.6. The molecule has 1 aliphatic heterocycles. The Balaban J connectivity index is 1.67. The minimum absolute atomic E-state index is 0.134. The number of nitrogens with one attached hydrogen (secondary N) is 1. The summed E-state index contributed by atoms with van der Waals surface area (Å²) in [7, 11) is 0. The van der Waals surface area contributed by atoms with Gasteiger partial charge in [0.05, 0.1) is 4.91 Å². The topological polar surface area (TPSA) is 49.4 Å². The van der Waals surface area contributed by atoms with Crippen molar-refractivity contribution in [3.05, 3.63) is 68.5 Å². The second-order valence-electron chi connectivity index (χ2n) is 5.37. The van der Waals surface area contributed by atoms with Crippen molar-refractivity contribution in [2.24, 2.45) is 0 Å². The first-order valence-electron chi connectivity index (χ1n) is 7.49. The van der Waals surface area contributed by atoms with Gasteiger partial charge in [-0.15, -0.1) is 0 Å². The van der Waals surface area contributed by atoms with Gasteiger partial charge in [-0.2, -0.15) is 0 Å². The number of amides is 2. The van der Waals surface area contributed by atoms with Crippen LogP contribution in [-0.4, -0.2) is 27.6 Å². The first kappa shape index (κ1) is 19.1. The summed E-state index contributed by atoms with van der Waals surface area (Å²) in [5, 5.41) is 3.30. The minimum Gasteiger partial charge on any atom is -0.325 e. The zero-order valence-corrected chi connectivity index (χ0v) is 17.2. The van der Waals surface area contributed by atoms with Crippen LogP contribution in [0.15, 0.2) is 57.9 Å². The molecule has 0 spiro atoms. The fourth-order valence-corrected chi connectivity index (χ4v) is 3.87. The molecule has 4 nitrogen and oxygen atoms in total. The summed E-state index contributed by atoms with van der Waals surface area (Å²) in [4.78, 5) is 26.6. The Labute approximate surface area is 173 Å². The highest BCUT2D eigenvalue weighted by molar-refractivity contribution is 9.10. The summed E-state index contributed by atoms with van der Waals surface area (Å²) in [6, 6.07) is 14.3. The number of thiocarbonyl (C=S) groups is 1. The summed E-state index contributed by atoms with van der Waals surface area (Å²) in [6.07, 6.45) is 1.77. The highest BCUT2D eigenvalue weighted by atomic mass is 79.9. The van der Waals surface area contributed by atoms with E-state index in [1.165, 1.54) is 16.7 Å². The van der Waals surface area contributed by atoms with E-state index in [1.807, 2.05) is 24.3 Å². The molecule has 0 aliphatic carbocycles. The smallest absolute Gasteiger partial charge is 0.266 e. The van der Waals surface area contributed by atoms with Crippen molar-refractivity contribution < 1.29 is 9.59 Å². The van der Waals surface area contributed by atoms with Crippen molar-refractivity contribution in [3.63, 3.8) is 0 Å². The maximum atomic E-state index is 12.6. The third kappa shape index (κ3) is 4.73. The number of carbonyl (C=O) groups excluding carboxylic acids is 2. The number of hydrogen-bond donors (Lipinski definition) is 1. The molecule has 2 amide bonds. The fraction of sp³-hybridized carbons (Fsp3) is 0.0556. The molecule has 3 rings (SSSR count). The zero-order valence-electron chi connectivity index (χ0n) is 13.2. The SMILES string of the molecule is O=C(CN1C(=O)/C(=C/c2ccc(Br)cc2)SC1=S)Nc1ccc(Cl)cc1. The highest BCUT2D eigenvalue weighted by Crippen LogP contribution is 2.32. The number of halogens is 2. The molecular weight excluding hydrogens is 456 g/mol. The third-order valence-corrected chi connectivity index (χ3v) is 5.63. The largest absolute Gasteiger partial charge is 0.325 e. The van der Waals surface area contributed by atoms with Gasteiger partial charge in [0.15, 0.2) is 0 Å². The van der Waals surface area contributed by atoms with Crippen molar-refractivity contribution in [1.82, 2.24) is 4.90 Å². The standard InChI is InChI=1S/C18H12BrClN2O2S2/c19-12-3-1-11(2-4-12)9-15-17(24)22(18(25)26-15)10-16(23)21-14-7-5-13(20)6-8-14/h1-9H,10H2,(H,21,23)/b15-9-. The predicted octanol–water partition coefficient (Wildman–Crippen LogP) is 4.94. The summed E-state index contributed by atoms with van der Waals surface area (Å²) in [6.45, 7) is -0.134. The lowest BCUT2D eigenvalue weighted by molar-refractivity contribution is -0.126. The first-order chi connectivity index (χ1) is 12.4. The van der Waals surface area contributed by atoms with Crippen LogP contribution in [0.4, 0.5) is 5.69 Å². The van der Waals surface area contributed by atoms with E-state index < -0.39 is 0 Å². The Hall–Kier alpha value is -1.67. The molecule has 0 bridgehead atoms. The van der Waals surface area contributed by atoms with Crippen LogP contribution in [0.5, 0.6) is 0 Å². The lowest BCUT2D eigenvalue weighted by Gasteiger charge is -2.14. The van der Waals surface area contributed by atoms with Gasteiger partial charge in [0.1, 0.15) is 10.9 Å². The van der Waals surface area contributed by atoms with Crippen molar-refractivity contribution >= 4 is 79.4 Å². The van der Waals surface area contributed by atoms with Gasteiger partial charge in [0.25, 0.3) is 5.91 Å². The van der Waals surface area contributed by atoms with Gasteiger partial charge in [0, 0.05) is 15.2 Å². The van der Waals surface area contributed by atoms with Crippen LogP contribution in [0, 0.1) is 0 Å². The average molecular weight is 468 g/mol. The summed E-state index contributed by atoms with van der Waals surface area (Å²) < 4.78 is 1.32. The van der Waals surface area contributed by atoms with Gasteiger partial charge in [0.2, 0.25) is 5.91 Å². The molecule has 1 heterocycles. The molecule has 0 unspecified atom stereocenters. The van der Waals surface area contributed by atoms with Crippen LogP contribution in [0.25, 0.3) is 6.08 Å². The van der Waals surface area contributed by atoms with Gasteiger partial charge >= 0.3 is 0 Å². The Kier molecular flexibility index (Phi) is 6.13. The van der Waals surface area contributed by atoms with E-state index in [1.54, 1.807) is 30.3 Å². The van der Waals surface area contributed by atoms with Gasteiger partial charge in [-0.1, -0.05) is 63.6 Å². The Morgan fingerprint density at radius 3 is 2.50 bits per heavy atom. The van der Waals surface area contributed by atoms with Crippen LogP contribution in [0.2, 0.25) is 5.02 Å². The second kappa shape index (κ2) is 8.35. The second-order valence-corrected chi connectivity index (χ2v) is 8.40. The monoisotopic (exact) mass is 466 g/mol. The number of anilines is 1. The summed E-state index contributed by atoms with van der Waals surface area (Å²) in [5.74, 6) is -0.595. The lowest BCUT2D eigenvalue weighted by Crippen LogP contribution is -2.36. The van der Waals surface area contributed by atoms with E-state index in [0.29, 0.717) is 19.9 Å². The van der Waals surface area contributed by atoms with E-state index in [-0.39, 0.29) is 18.4 Å². The molecule has 1 N–H and O–H groups in total. The number of thioether (sulfide) groups is 1. The Bertz CT molecular complexity index is 898. The number of hydrogen-bond acceptors (Lipinski definition) is 4. The summed E-state index contributed by atoms with van der Waals surface area (Å²) in [5.41, 5.74) is 1.49. The van der Waals surface area contributed by atoms with Crippen LogP contribution in [0.1, 0.15) is 5.56 Å². The molecular formula is C18H12BrClN2O2S2. The quantitative estimate of drug-likeness (QED) is 0.511. The molecule has 1 aliphatic rings. The van der Waals surface area contributed by atoms with Crippen molar-refractivity contribution in [2.75, 3.05) is 11.9 Å². The van der Waals surface area contributed by atoms with Crippen LogP contribution >= 0.6 is 51.5 Å². The van der Waals surface area contributed by atoms with Gasteiger partial charge in [-0.3, -0.25) is 14.5 Å². The molecule has 0 aromatic heterocycles. The first-order valence-corrected chi connectivity index (χ1v) is 9.88. The summed E-state index contributed by atoms with van der Waals surface area (Å²) >= 11 is 15.6. The zero-order chi connectivity index (χ0) is 18.7. The highest BCUT2D eigenvalue weighted by Gasteiger charge is 2.33. The predicted molar refractivity (Wildman–Crippen MR) is 114 cm³/mol. The molecule has 132 valence electrons. The van der Waals surface area contributed by atoms with Crippen LogP contribution < -0.4 is 5.32 Å². The van der Waals surface area contributed by atoms with Crippen LogP contribution in [0.3, 0.4) is 0 Å². The molecule has 26 heavy (non-hydrogen) atoms. The maximum Gasteiger partial charge on any atom is 0.266 e. The molecule has 1 saturated heterocycles. The molecule has 1 fully saturated rings. The van der Waals surface area contributed by atoms with Gasteiger partial charge in [-0.25, -0.2) is 0 Å². The van der Waals surface area contributed by atoms with E-state index >= 15 is 0 Å². The minimum atomic E-state index is -0.325. The molecule has 8 heteroatoms. The van der Waals surface area contributed by atoms with Gasteiger partial charge < -0.3 is 5.32 Å². The van der Waals surface area contributed by atoms with Crippen LogP contribution in [-0.2, 0) is 9.59 Å².